The lowest BCUT2D eigenvalue weighted by atomic mass is 9.51. The van der Waals surface area contributed by atoms with Crippen LogP contribution in [0.25, 0.3) is 0 Å². The van der Waals surface area contributed by atoms with Crippen LogP contribution in [0.4, 0.5) is 0 Å². The molecule has 0 aromatic heterocycles. The molecule has 3 N–H and O–H groups in total. The number of carbonyl (C=O) groups is 1. The number of nitrogens with two attached hydrogens (primary N) is 1. The van der Waals surface area contributed by atoms with Crippen LogP contribution in [-0.4, -0.2) is 17.1 Å². The van der Waals surface area contributed by atoms with Crippen molar-refractivity contribution in [2.24, 2.45) is 17.1 Å². The number of hydrogen-bond donors (Lipinski definition) is 2. The van der Waals surface area contributed by atoms with Gasteiger partial charge in [0.2, 0.25) is 5.91 Å². The fourth-order valence-electron chi connectivity index (χ4n) is 2.59. The summed E-state index contributed by atoms with van der Waals surface area (Å²) >= 11 is 0. The standard InChI is InChI=1S/C9H15NO2/c10-8(12)7(11)6-4-9(5-6)2-1-3-9/h6-7,11H,1-5H2,(H2,10,12). The van der Waals surface area contributed by atoms with Gasteiger partial charge in [-0.25, -0.2) is 0 Å². The monoisotopic (exact) mass is 169 g/mol. The van der Waals surface area contributed by atoms with Crippen molar-refractivity contribution in [3.8, 4) is 0 Å². The molecule has 0 aromatic rings. The summed E-state index contributed by atoms with van der Waals surface area (Å²) in [4.78, 5) is 10.6. The van der Waals surface area contributed by atoms with Gasteiger partial charge in [-0.1, -0.05) is 6.42 Å². The number of aliphatic hydroxyl groups excluding tert-OH is 1. The van der Waals surface area contributed by atoms with Crippen LogP contribution in [0.2, 0.25) is 0 Å². The molecule has 0 saturated heterocycles. The van der Waals surface area contributed by atoms with Gasteiger partial charge in [0, 0.05) is 0 Å². The van der Waals surface area contributed by atoms with Gasteiger partial charge in [0.25, 0.3) is 0 Å². The van der Waals surface area contributed by atoms with Gasteiger partial charge in [0.1, 0.15) is 6.10 Å². The van der Waals surface area contributed by atoms with Crippen LogP contribution in [0.1, 0.15) is 32.1 Å². The fourth-order valence-corrected chi connectivity index (χ4v) is 2.59. The highest BCUT2D eigenvalue weighted by molar-refractivity contribution is 5.79. The van der Waals surface area contributed by atoms with Gasteiger partial charge in [-0.2, -0.15) is 0 Å². The summed E-state index contributed by atoms with van der Waals surface area (Å²) in [5.74, 6) is -0.406. The lowest BCUT2D eigenvalue weighted by Crippen LogP contribution is -2.50. The summed E-state index contributed by atoms with van der Waals surface area (Å²) in [5, 5.41) is 9.32. The number of hydrogen-bond acceptors (Lipinski definition) is 2. The number of aliphatic hydroxyl groups is 1. The van der Waals surface area contributed by atoms with E-state index in [0.29, 0.717) is 5.41 Å². The first-order valence-electron chi connectivity index (χ1n) is 4.60. The van der Waals surface area contributed by atoms with E-state index in [1.54, 1.807) is 0 Å². The molecule has 2 saturated carbocycles. The predicted molar refractivity (Wildman–Crippen MR) is 44.2 cm³/mol. The van der Waals surface area contributed by atoms with Gasteiger partial charge in [-0.15, -0.1) is 0 Å². The maximum atomic E-state index is 10.6. The Balaban J connectivity index is 1.84. The summed E-state index contributed by atoms with van der Waals surface area (Å²) in [5.41, 5.74) is 5.52. The first kappa shape index (κ1) is 8.05. The second-order valence-electron chi connectivity index (χ2n) is 4.37. The summed E-state index contributed by atoms with van der Waals surface area (Å²) in [7, 11) is 0. The molecule has 2 aliphatic rings. The Morgan fingerprint density at radius 1 is 1.50 bits per heavy atom. The van der Waals surface area contributed by atoms with Crippen molar-refractivity contribution in [3.63, 3.8) is 0 Å². The average molecular weight is 169 g/mol. The third-order valence-electron chi connectivity index (χ3n) is 3.54. The molecule has 3 heteroatoms. The Kier molecular flexibility index (Phi) is 1.65. The van der Waals surface area contributed by atoms with Crippen LogP contribution in [0.3, 0.4) is 0 Å². The van der Waals surface area contributed by atoms with Crippen molar-refractivity contribution in [1.29, 1.82) is 0 Å². The van der Waals surface area contributed by atoms with Crippen LogP contribution in [-0.2, 0) is 4.79 Å². The van der Waals surface area contributed by atoms with Crippen molar-refractivity contribution >= 4 is 5.91 Å². The molecule has 3 nitrogen and oxygen atoms in total. The first-order valence-corrected chi connectivity index (χ1v) is 4.60. The van der Waals surface area contributed by atoms with Crippen molar-refractivity contribution in [3.05, 3.63) is 0 Å². The molecule has 12 heavy (non-hydrogen) atoms. The Morgan fingerprint density at radius 2 is 2.08 bits per heavy atom. The molecule has 0 aliphatic heterocycles. The maximum Gasteiger partial charge on any atom is 0.246 e. The van der Waals surface area contributed by atoms with E-state index in [9.17, 15) is 9.90 Å². The molecule has 1 spiro atoms. The molecule has 1 amide bonds. The Bertz CT molecular complexity index is 203. The minimum absolute atomic E-state index is 0.155. The molecule has 0 bridgehead atoms. The largest absolute Gasteiger partial charge is 0.383 e. The van der Waals surface area contributed by atoms with Crippen molar-refractivity contribution in [2.45, 2.75) is 38.2 Å². The van der Waals surface area contributed by atoms with E-state index in [1.165, 1.54) is 19.3 Å². The molecule has 2 aliphatic carbocycles. The number of amides is 1. The van der Waals surface area contributed by atoms with Crippen LogP contribution in [0, 0.1) is 11.3 Å². The summed E-state index contributed by atoms with van der Waals surface area (Å²) < 4.78 is 0. The average Bonchev–Trinajstić information content (AvgIpc) is 1.80. The highest BCUT2D eigenvalue weighted by Crippen LogP contribution is 2.59. The topological polar surface area (TPSA) is 63.3 Å². The normalized spacial score (nSPS) is 29.1. The third-order valence-corrected chi connectivity index (χ3v) is 3.54. The van der Waals surface area contributed by atoms with Gasteiger partial charge in [0.15, 0.2) is 0 Å². The second kappa shape index (κ2) is 2.46. The van der Waals surface area contributed by atoms with Crippen LogP contribution in [0.5, 0.6) is 0 Å². The molecule has 68 valence electrons. The molecule has 2 fully saturated rings. The van der Waals surface area contributed by atoms with E-state index >= 15 is 0 Å². The van der Waals surface area contributed by atoms with Gasteiger partial charge >= 0.3 is 0 Å². The van der Waals surface area contributed by atoms with Crippen molar-refractivity contribution < 1.29 is 9.90 Å². The van der Waals surface area contributed by atoms with Crippen LogP contribution < -0.4 is 5.73 Å². The molecule has 1 atom stereocenters. The smallest absolute Gasteiger partial charge is 0.246 e. The molecular formula is C9H15NO2. The zero-order chi connectivity index (χ0) is 8.77. The van der Waals surface area contributed by atoms with E-state index in [4.69, 9.17) is 5.73 Å². The highest BCUT2D eigenvalue weighted by Gasteiger charge is 2.50. The van der Waals surface area contributed by atoms with Crippen LogP contribution in [0.15, 0.2) is 0 Å². The minimum atomic E-state index is -0.892. The summed E-state index contributed by atoms with van der Waals surface area (Å²) in [6.45, 7) is 0. The van der Waals surface area contributed by atoms with Crippen molar-refractivity contribution in [2.75, 3.05) is 0 Å². The fraction of sp³-hybridized carbons (Fsp3) is 0.889. The Labute approximate surface area is 71.9 Å². The second-order valence-corrected chi connectivity index (χ2v) is 4.37. The summed E-state index contributed by atoms with van der Waals surface area (Å²) in [6, 6.07) is 0. The molecular weight excluding hydrogens is 154 g/mol. The highest BCUT2D eigenvalue weighted by atomic mass is 16.3. The van der Waals surface area contributed by atoms with E-state index in [0.717, 1.165) is 12.8 Å². The van der Waals surface area contributed by atoms with Gasteiger partial charge in [0.05, 0.1) is 0 Å². The molecule has 0 aromatic carbocycles. The number of primary amides is 1. The lowest BCUT2D eigenvalue weighted by molar-refractivity contribution is -0.139. The quantitative estimate of drug-likeness (QED) is 0.629. The van der Waals surface area contributed by atoms with E-state index in [-0.39, 0.29) is 5.92 Å². The molecule has 0 radical (unpaired) electrons. The van der Waals surface area contributed by atoms with Gasteiger partial charge in [-0.3, -0.25) is 4.79 Å². The maximum absolute atomic E-state index is 10.6. The van der Waals surface area contributed by atoms with E-state index in [1.807, 2.05) is 0 Å². The SMILES string of the molecule is NC(=O)C(O)C1CC2(CCC2)C1. The molecule has 0 heterocycles. The predicted octanol–water partition coefficient (Wildman–Crippen LogP) is 0.413. The van der Waals surface area contributed by atoms with Crippen molar-refractivity contribution in [1.82, 2.24) is 0 Å². The Hall–Kier alpha value is -0.570. The zero-order valence-electron chi connectivity index (χ0n) is 7.12. The minimum Gasteiger partial charge on any atom is -0.383 e. The van der Waals surface area contributed by atoms with Gasteiger partial charge < -0.3 is 10.8 Å². The molecule has 1 unspecified atom stereocenters. The molecule has 2 rings (SSSR count). The lowest BCUT2D eigenvalue weighted by Gasteiger charge is -2.55. The first-order chi connectivity index (χ1) is 5.63. The summed E-state index contributed by atoms with van der Waals surface area (Å²) in [6.07, 6.45) is 5.02. The zero-order valence-corrected chi connectivity index (χ0v) is 7.12. The van der Waals surface area contributed by atoms with Gasteiger partial charge in [-0.05, 0) is 37.0 Å². The van der Waals surface area contributed by atoms with E-state index < -0.39 is 12.0 Å². The third kappa shape index (κ3) is 1.04. The Morgan fingerprint density at radius 3 is 2.42 bits per heavy atom. The van der Waals surface area contributed by atoms with Crippen LogP contribution >= 0.6 is 0 Å². The number of carbonyl (C=O) groups excluding carboxylic acids is 1. The number of rotatable bonds is 2. The van der Waals surface area contributed by atoms with E-state index in [2.05, 4.69) is 0 Å².